The van der Waals surface area contributed by atoms with Gasteiger partial charge in [0.2, 0.25) is 0 Å². The lowest BCUT2D eigenvalue weighted by molar-refractivity contribution is 0.0734. The third kappa shape index (κ3) is 3.64. The van der Waals surface area contributed by atoms with Gasteiger partial charge in [-0.1, -0.05) is 30.3 Å². The van der Waals surface area contributed by atoms with E-state index in [0.29, 0.717) is 17.7 Å². The topological polar surface area (TPSA) is 50.2 Å². The quantitative estimate of drug-likeness (QED) is 0.897. The number of hydrogen-bond donors (Lipinski definition) is 1. The maximum atomic E-state index is 13.0. The van der Waals surface area contributed by atoms with Crippen molar-refractivity contribution in [2.24, 2.45) is 0 Å². The Bertz CT molecular complexity index is 726. The second kappa shape index (κ2) is 8.23. The minimum absolute atomic E-state index is 0. The van der Waals surface area contributed by atoms with Crippen LogP contribution in [-0.2, 0) is 0 Å². The van der Waals surface area contributed by atoms with E-state index < -0.39 is 0 Å². The molecule has 0 aliphatic carbocycles. The summed E-state index contributed by atoms with van der Waals surface area (Å²) >= 11 is 0. The fraction of sp³-hybridized carbons (Fsp3) is 0.500. The van der Waals surface area contributed by atoms with Crippen molar-refractivity contribution in [3.8, 4) is 0 Å². The molecule has 0 spiro atoms. The van der Waals surface area contributed by atoms with Gasteiger partial charge in [0, 0.05) is 31.2 Å². The number of benzene rings is 1. The zero-order valence-corrected chi connectivity index (χ0v) is 16.0. The molecule has 4 rings (SSSR count). The van der Waals surface area contributed by atoms with Gasteiger partial charge in [0.1, 0.15) is 5.69 Å². The number of rotatable bonds is 3. The van der Waals surface area contributed by atoms with E-state index in [-0.39, 0.29) is 24.4 Å². The highest BCUT2D eigenvalue weighted by Crippen LogP contribution is 2.34. The molecule has 26 heavy (non-hydrogen) atoms. The van der Waals surface area contributed by atoms with E-state index in [1.54, 1.807) is 0 Å². The normalized spacial score (nSPS) is 25.7. The van der Waals surface area contributed by atoms with Crippen molar-refractivity contribution in [3.05, 3.63) is 53.9 Å². The first-order valence-electron chi connectivity index (χ1n) is 9.36. The second-order valence-electron chi connectivity index (χ2n) is 7.23. The fourth-order valence-corrected chi connectivity index (χ4v) is 4.23. The Hall–Kier alpha value is -1.85. The highest BCUT2D eigenvalue weighted by Gasteiger charge is 2.35. The number of likely N-dealkylation sites (tertiary alicyclic amines) is 1. The minimum Gasteiger partial charge on any atom is -0.334 e. The van der Waals surface area contributed by atoms with E-state index in [0.717, 1.165) is 38.9 Å². The molecule has 140 valence electrons. The van der Waals surface area contributed by atoms with Crippen molar-refractivity contribution in [3.63, 3.8) is 0 Å². The molecule has 3 unspecified atom stereocenters. The Balaban J connectivity index is 0.00000196. The molecule has 2 fully saturated rings. The fourth-order valence-electron chi connectivity index (χ4n) is 4.23. The molecule has 1 amide bonds. The van der Waals surface area contributed by atoms with E-state index in [1.807, 2.05) is 27.9 Å². The molecule has 3 atom stereocenters. The predicted molar refractivity (Wildman–Crippen MR) is 105 cm³/mol. The van der Waals surface area contributed by atoms with Gasteiger partial charge in [0.15, 0.2) is 0 Å². The first-order valence-corrected chi connectivity index (χ1v) is 9.36. The lowest BCUT2D eigenvalue weighted by Gasteiger charge is -2.25. The van der Waals surface area contributed by atoms with Gasteiger partial charge in [-0.2, -0.15) is 5.10 Å². The molecule has 6 heteroatoms. The summed E-state index contributed by atoms with van der Waals surface area (Å²) < 4.78 is 1.97. The van der Waals surface area contributed by atoms with Crippen LogP contribution in [-0.4, -0.2) is 46.3 Å². The van der Waals surface area contributed by atoms with Crippen LogP contribution in [0.4, 0.5) is 0 Å². The van der Waals surface area contributed by atoms with Crippen molar-refractivity contribution < 1.29 is 4.79 Å². The summed E-state index contributed by atoms with van der Waals surface area (Å²) in [5.41, 5.74) is 1.90. The molecule has 5 nitrogen and oxygen atoms in total. The largest absolute Gasteiger partial charge is 0.334 e. The van der Waals surface area contributed by atoms with Crippen LogP contribution in [0, 0.1) is 0 Å². The summed E-state index contributed by atoms with van der Waals surface area (Å²) in [5, 5.41) is 8.00. The van der Waals surface area contributed by atoms with Crippen LogP contribution in [0.1, 0.15) is 54.2 Å². The molecule has 2 aliphatic rings. The van der Waals surface area contributed by atoms with Crippen LogP contribution in [0.15, 0.2) is 42.6 Å². The maximum absolute atomic E-state index is 13.0. The maximum Gasteiger partial charge on any atom is 0.274 e. The predicted octanol–water partition coefficient (Wildman–Crippen LogP) is 3.25. The van der Waals surface area contributed by atoms with Crippen molar-refractivity contribution >= 4 is 18.3 Å². The van der Waals surface area contributed by atoms with Crippen LogP contribution in [0.2, 0.25) is 0 Å². The number of nitrogens with zero attached hydrogens (tertiary/aromatic N) is 3. The van der Waals surface area contributed by atoms with Gasteiger partial charge in [0.05, 0.1) is 6.04 Å². The molecule has 0 radical (unpaired) electrons. The van der Waals surface area contributed by atoms with Crippen LogP contribution < -0.4 is 5.32 Å². The molecule has 0 bridgehead atoms. The van der Waals surface area contributed by atoms with Crippen molar-refractivity contribution in [2.75, 3.05) is 19.6 Å². The van der Waals surface area contributed by atoms with Gasteiger partial charge < -0.3 is 10.2 Å². The Kier molecular flexibility index (Phi) is 5.99. The zero-order chi connectivity index (χ0) is 17.2. The first kappa shape index (κ1) is 18.9. The number of carbonyl (C=O) groups excluding carboxylic acids is 1. The number of nitrogens with one attached hydrogen (secondary N) is 1. The van der Waals surface area contributed by atoms with Gasteiger partial charge in [-0.05, 0) is 44.4 Å². The molecule has 1 N–H and O–H groups in total. The molecule has 2 aromatic rings. The molecular formula is C20H27ClN4O. The minimum atomic E-state index is 0. The molecule has 2 saturated heterocycles. The van der Waals surface area contributed by atoms with Crippen LogP contribution >= 0.6 is 12.4 Å². The zero-order valence-electron chi connectivity index (χ0n) is 15.2. The monoisotopic (exact) mass is 374 g/mol. The Morgan fingerprint density at radius 2 is 2.00 bits per heavy atom. The lowest BCUT2D eigenvalue weighted by atomic mass is 9.93. The number of hydrogen-bond acceptors (Lipinski definition) is 3. The van der Waals surface area contributed by atoms with Crippen molar-refractivity contribution in [2.45, 2.75) is 44.2 Å². The van der Waals surface area contributed by atoms with Gasteiger partial charge in [-0.25, -0.2) is 0 Å². The number of halogens is 1. The summed E-state index contributed by atoms with van der Waals surface area (Å²) in [6.45, 7) is 4.98. The summed E-state index contributed by atoms with van der Waals surface area (Å²) in [4.78, 5) is 15.0. The summed E-state index contributed by atoms with van der Waals surface area (Å²) in [5.74, 6) is 0.475. The van der Waals surface area contributed by atoms with Gasteiger partial charge >= 0.3 is 0 Å². The van der Waals surface area contributed by atoms with Gasteiger partial charge in [-0.3, -0.25) is 9.48 Å². The Labute approximate surface area is 161 Å². The second-order valence-corrected chi connectivity index (χ2v) is 7.23. The average molecular weight is 375 g/mol. The van der Waals surface area contributed by atoms with Crippen LogP contribution in [0.5, 0.6) is 0 Å². The van der Waals surface area contributed by atoms with Crippen molar-refractivity contribution in [1.82, 2.24) is 20.0 Å². The Morgan fingerprint density at radius 3 is 2.73 bits per heavy atom. The van der Waals surface area contributed by atoms with Crippen molar-refractivity contribution in [1.29, 1.82) is 0 Å². The van der Waals surface area contributed by atoms with Crippen LogP contribution in [0.25, 0.3) is 0 Å². The Morgan fingerprint density at radius 1 is 1.19 bits per heavy atom. The number of amides is 1. The average Bonchev–Trinajstić information content (AvgIpc) is 3.30. The standard InChI is InChI=1S/C20H26N4O.ClH/c1-15-18(16-6-3-2-4-7-16)9-12-23(15)20(25)19-10-13-24(22-19)17-8-5-11-21-14-17;/h2-4,6-7,10,13,15,17-18,21H,5,8-9,11-12,14H2,1H3;1H. The van der Waals surface area contributed by atoms with E-state index >= 15 is 0 Å². The van der Waals surface area contributed by atoms with E-state index in [2.05, 4.69) is 41.6 Å². The van der Waals surface area contributed by atoms with E-state index in [4.69, 9.17) is 0 Å². The number of aromatic nitrogens is 2. The number of carbonyl (C=O) groups is 1. The molecule has 1 aromatic carbocycles. The third-order valence-electron chi connectivity index (χ3n) is 5.72. The lowest BCUT2D eigenvalue weighted by Crippen LogP contribution is -2.36. The molecular weight excluding hydrogens is 348 g/mol. The van der Waals surface area contributed by atoms with E-state index in [1.165, 1.54) is 5.56 Å². The highest BCUT2D eigenvalue weighted by molar-refractivity contribution is 5.92. The summed E-state index contributed by atoms with van der Waals surface area (Å²) in [7, 11) is 0. The smallest absolute Gasteiger partial charge is 0.274 e. The van der Waals surface area contributed by atoms with Gasteiger partial charge in [0.25, 0.3) is 5.91 Å². The first-order chi connectivity index (χ1) is 12.2. The molecule has 1 aromatic heterocycles. The van der Waals surface area contributed by atoms with Gasteiger partial charge in [-0.15, -0.1) is 12.4 Å². The molecule has 2 aliphatic heterocycles. The number of piperidine rings is 1. The third-order valence-corrected chi connectivity index (χ3v) is 5.72. The van der Waals surface area contributed by atoms with Crippen LogP contribution in [0.3, 0.4) is 0 Å². The highest BCUT2D eigenvalue weighted by atomic mass is 35.5. The molecule has 0 saturated carbocycles. The molecule has 3 heterocycles. The summed E-state index contributed by atoms with van der Waals surface area (Å²) in [6, 6.07) is 13.0. The SMILES string of the molecule is CC1C(c2ccccc2)CCN1C(=O)c1ccn(C2CCCNC2)n1.Cl. The summed E-state index contributed by atoms with van der Waals surface area (Å²) in [6.07, 6.45) is 5.26. The van der Waals surface area contributed by atoms with E-state index in [9.17, 15) is 4.79 Å².